The number of benzene rings is 2. The van der Waals surface area contributed by atoms with E-state index in [0.717, 1.165) is 13.0 Å². The highest BCUT2D eigenvalue weighted by molar-refractivity contribution is 5.57. The van der Waals surface area contributed by atoms with Crippen LogP contribution >= 0.6 is 0 Å². The lowest BCUT2D eigenvalue weighted by Gasteiger charge is -2.46. The van der Waals surface area contributed by atoms with E-state index in [2.05, 4.69) is 81.1 Å². The second-order valence-corrected chi connectivity index (χ2v) is 7.20. The van der Waals surface area contributed by atoms with Gasteiger partial charge in [-0.2, -0.15) is 0 Å². The minimum absolute atomic E-state index is 0.207. The molecule has 1 heteroatoms. The molecular formula is C20H25N. The summed E-state index contributed by atoms with van der Waals surface area (Å²) in [4.78, 5) is 2.61. The second-order valence-electron chi connectivity index (χ2n) is 7.20. The molecule has 0 aliphatic carbocycles. The lowest BCUT2D eigenvalue weighted by molar-refractivity contribution is 0.298. The van der Waals surface area contributed by atoms with Crippen molar-refractivity contribution < 1.29 is 0 Å². The summed E-state index contributed by atoms with van der Waals surface area (Å²) in [7, 11) is 0. The van der Waals surface area contributed by atoms with Crippen LogP contribution in [-0.4, -0.2) is 6.54 Å². The number of aryl methyl sites for hydroxylation is 1. The molecule has 0 N–H and O–H groups in total. The fraction of sp³-hybridized carbons (Fsp3) is 0.400. The zero-order valence-electron chi connectivity index (χ0n) is 13.6. The number of fused-ring (bicyclic) bond motifs is 1. The predicted molar refractivity (Wildman–Crippen MR) is 90.9 cm³/mol. The Morgan fingerprint density at radius 2 is 1.62 bits per heavy atom. The first-order valence-corrected chi connectivity index (χ1v) is 7.88. The van der Waals surface area contributed by atoms with Gasteiger partial charge in [0.15, 0.2) is 0 Å². The highest BCUT2D eigenvalue weighted by atomic mass is 15.2. The third-order valence-electron chi connectivity index (χ3n) is 4.53. The quantitative estimate of drug-likeness (QED) is 0.698. The average Bonchev–Trinajstić information content (AvgIpc) is 2.45. The maximum atomic E-state index is 2.61. The highest BCUT2D eigenvalue weighted by Gasteiger charge is 2.36. The van der Waals surface area contributed by atoms with Gasteiger partial charge in [0.25, 0.3) is 0 Å². The number of hydrogen-bond acceptors (Lipinski definition) is 1. The zero-order chi connectivity index (χ0) is 15.0. The van der Waals surface area contributed by atoms with Crippen LogP contribution in [-0.2, 0) is 6.42 Å². The number of nitrogens with zero attached hydrogens (tertiary/aromatic N) is 1. The van der Waals surface area contributed by atoms with E-state index in [1.165, 1.54) is 22.4 Å². The van der Waals surface area contributed by atoms with Crippen LogP contribution < -0.4 is 4.90 Å². The van der Waals surface area contributed by atoms with Gasteiger partial charge in [0.2, 0.25) is 0 Å². The molecule has 1 unspecified atom stereocenters. The van der Waals surface area contributed by atoms with Crippen molar-refractivity contribution >= 4 is 5.69 Å². The van der Waals surface area contributed by atoms with Gasteiger partial charge in [0.05, 0.1) is 6.04 Å². The van der Waals surface area contributed by atoms with Crippen LogP contribution in [0, 0.1) is 12.3 Å². The van der Waals surface area contributed by atoms with Crippen LogP contribution in [0.2, 0.25) is 0 Å². The Hall–Kier alpha value is -1.76. The molecule has 0 fully saturated rings. The summed E-state index contributed by atoms with van der Waals surface area (Å²) in [6, 6.07) is 18.2. The summed E-state index contributed by atoms with van der Waals surface area (Å²) in [5, 5.41) is 0. The fourth-order valence-corrected chi connectivity index (χ4v) is 3.65. The molecule has 0 saturated heterocycles. The molecule has 0 saturated carbocycles. The maximum Gasteiger partial charge on any atom is 0.0593 e. The highest BCUT2D eigenvalue weighted by Crippen LogP contribution is 2.44. The third-order valence-corrected chi connectivity index (χ3v) is 4.53. The first-order chi connectivity index (χ1) is 9.98. The van der Waals surface area contributed by atoms with Crippen LogP contribution in [0.15, 0.2) is 48.5 Å². The van der Waals surface area contributed by atoms with Crippen molar-refractivity contribution in [3.8, 4) is 0 Å². The van der Waals surface area contributed by atoms with E-state index in [-0.39, 0.29) is 5.41 Å². The van der Waals surface area contributed by atoms with E-state index in [1.807, 2.05) is 0 Å². The Bertz CT molecular complexity index is 636. The summed E-state index contributed by atoms with van der Waals surface area (Å²) in [5.41, 5.74) is 5.97. The van der Waals surface area contributed by atoms with Crippen molar-refractivity contribution in [1.82, 2.24) is 0 Å². The standard InChI is InChI=1S/C20H25N/c1-15-9-5-8-12-18(15)21-14-13-16-10-6-7-11-17(16)19(21)20(2,3)4/h5-12,19H,13-14H2,1-4H3. The molecule has 2 aromatic rings. The maximum absolute atomic E-state index is 2.61. The molecule has 0 spiro atoms. The Morgan fingerprint density at radius 1 is 0.952 bits per heavy atom. The van der Waals surface area contributed by atoms with E-state index in [4.69, 9.17) is 0 Å². The lowest BCUT2D eigenvalue weighted by Crippen LogP contribution is -2.42. The van der Waals surface area contributed by atoms with Crippen molar-refractivity contribution in [2.45, 2.75) is 40.2 Å². The molecule has 0 radical (unpaired) electrons. The lowest BCUT2D eigenvalue weighted by atomic mass is 9.76. The molecule has 3 rings (SSSR count). The minimum Gasteiger partial charge on any atom is -0.363 e. The van der Waals surface area contributed by atoms with Gasteiger partial charge in [-0.1, -0.05) is 63.2 Å². The molecular weight excluding hydrogens is 254 g/mol. The van der Waals surface area contributed by atoms with Crippen LogP contribution in [0.5, 0.6) is 0 Å². The topological polar surface area (TPSA) is 3.24 Å². The van der Waals surface area contributed by atoms with Crippen molar-refractivity contribution in [2.75, 3.05) is 11.4 Å². The average molecular weight is 279 g/mol. The van der Waals surface area contributed by atoms with Crippen molar-refractivity contribution in [3.63, 3.8) is 0 Å². The molecule has 1 nitrogen and oxygen atoms in total. The Labute approximate surface area is 128 Å². The van der Waals surface area contributed by atoms with E-state index in [0.29, 0.717) is 6.04 Å². The number of anilines is 1. The van der Waals surface area contributed by atoms with Gasteiger partial charge in [-0.3, -0.25) is 0 Å². The Morgan fingerprint density at radius 3 is 2.33 bits per heavy atom. The molecule has 0 bridgehead atoms. The van der Waals surface area contributed by atoms with Crippen LogP contribution in [0.4, 0.5) is 5.69 Å². The minimum atomic E-state index is 0.207. The molecule has 0 aromatic heterocycles. The second kappa shape index (κ2) is 5.22. The summed E-state index contributed by atoms with van der Waals surface area (Å²) in [6.07, 6.45) is 1.14. The van der Waals surface area contributed by atoms with Gasteiger partial charge in [-0.15, -0.1) is 0 Å². The van der Waals surface area contributed by atoms with Gasteiger partial charge < -0.3 is 4.90 Å². The summed E-state index contributed by atoms with van der Waals surface area (Å²) >= 11 is 0. The Balaban J connectivity index is 2.12. The molecule has 1 heterocycles. The largest absolute Gasteiger partial charge is 0.363 e. The van der Waals surface area contributed by atoms with Gasteiger partial charge >= 0.3 is 0 Å². The van der Waals surface area contributed by atoms with Gasteiger partial charge in [0.1, 0.15) is 0 Å². The summed E-state index contributed by atoms with van der Waals surface area (Å²) in [6.45, 7) is 10.4. The third kappa shape index (κ3) is 2.57. The van der Waals surface area contributed by atoms with Crippen molar-refractivity contribution in [3.05, 3.63) is 65.2 Å². The molecule has 110 valence electrons. The van der Waals surface area contributed by atoms with Gasteiger partial charge in [0, 0.05) is 12.2 Å². The van der Waals surface area contributed by atoms with E-state index in [1.54, 1.807) is 0 Å². The summed E-state index contributed by atoms with van der Waals surface area (Å²) in [5.74, 6) is 0. The van der Waals surface area contributed by atoms with Crippen molar-refractivity contribution in [2.24, 2.45) is 5.41 Å². The molecule has 1 atom stereocenters. The molecule has 1 aliphatic rings. The van der Waals surface area contributed by atoms with Crippen LogP contribution in [0.3, 0.4) is 0 Å². The SMILES string of the molecule is Cc1ccccc1N1CCc2ccccc2C1C(C)(C)C. The normalized spacial score (nSPS) is 18.5. The molecule has 1 aliphatic heterocycles. The zero-order valence-corrected chi connectivity index (χ0v) is 13.6. The van der Waals surface area contributed by atoms with E-state index in [9.17, 15) is 0 Å². The van der Waals surface area contributed by atoms with Gasteiger partial charge in [-0.25, -0.2) is 0 Å². The first-order valence-electron chi connectivity index (χ1n) is 7.88. The number of rotatable bonds is 1. The number of hydrogen-bond donors (Lipinski definition) is 0. The monoisotopic (exact) mass is 279 g/mol. The van der Waals surface area contributed by atoms with Crippen LogP contribution in [0.25, 0.3) is 0 Å². The van der Waals surface area contributed by atoms with Gasteiger partial charge in [-0.05, 0) is 41.5 Å². The van der Waals surface area contributed by atoms with Crippen LogP contribution in [0.1, 0.15) is 43.5 Å². The fourth-order valence-electron chi connectivity index (χ4n) is 3.65. The predicted octanol–water partition coefficient (Wildman–Crippen LogP) is 5.14. The van der Waals surface area contributed by atoms with E-state index >= 15 is 0 Å². The van der Waals surface area contributed by atoms with E-state index < -0.39 is 0 Å². The molecule has 2 aromatic carbocycles. The summed E-state index contributed by atoms with van der Waals surface area (Å²) < 4.78 is 0. The Kier molecular flexibility index (Phi) is 3.52. The molecule has 21 heavy (non-hydrogen) atoms. The smallest absolute Gasteiger partial charge is 0.0593 e. The molecule has 0 amide bonds. The van der Waals surface area contributed by atoms with Crippen molar-refractivity contribution in [1.29, 1.82) is 0 Å². The number of para-hydroxylation sites is 1. The first kappa shape index (κ1) is 14.2.